The standard InChI is InChI=1S/C16H28N4/c1-4-5-14-8-9-20(12-14)16-7-6-15(18-19-16)11-17-10-13(2)3/h6-7,13-14,17H,4-5,8-12H2,1-3H3. The fraction of sp³-hybridized carbons (Fsp3) is 0.750. The highest BCUT2D eigenvalue weighted by Gasteiger charge is 2.22. The van der Waals surface area contributed by atoms with Gasteiger partial charge in [-0.1, -0.05) is 27.2 Å². The zero-order valence-corrected chi connectivity index (χ0v) is 13.1. The lowest BCUT2D eigenvalue weighted by Crippen LogP contribution is -2.22. The second-order valence-corrected chi connectivity index (χ2v) is 6.30. The van der Waals surface area contributed by atoms with Crippen LogP contribution in [0.1, 0.15) is 45.7 Å². The van der Waals surface area contributed by atoms with Crippen molar-refractivity contribution in [3.8, 4) is 0 Å². The minimum atomic E-state index is 0.669. The summed E-state index contributed by atoms with van der Waals surface area (Å²) in [5, 5.41) is 12.1. The van der Waals surface area contributed by atoms with Crippen LogP contribution in [0.25, 0.3) is 0 Å². The molecule has 0 amide bonds. The summed E-state index contributed by atoms with van der Waals surface area (Å²) in [7, 11) is 0. The third kappa shape index (κ3) is 4.44. The van der Waals surface area contributed by atoms with E-state index in [0.29, 0.717) is 5.92 Å². The highest BCUT2D eigenvalue weighted by molar-refractivity contribution is 5.38. The smallest absolute Gasteiger partial charge is 0.151 e. The Kier molecular flexibility index (Phi) is 5.77. The molecule has 1 N–H and O–H groups in total. The Hall–Kier alpha value is -1.16. The average molecular weight is 276 g/mol. The van der Waals surface area contributed by atoms with Crippen molar-refractivity contribution in [2.75, 3.05) is 24.5 Å². The maximum Gasteiger partial charge on any atom is 0.151 e. The Labute approximate surface area is 123 Å². The summed E-state index contributed by atoms with van der Waals surface area (Å²) >= 11 is 0. The Morgan fingerprint density at radius 1 is 1.35 bits per heavy atom. The fourth-order valence-corrected chi connectivity index (χ4v) is 2.79. The monoisotopic (exact) mass is 276 g/mol. The normalized spacial score (nSPS) is 19.0. The molecule has 1 fully saturated rings. The maximum atomic E-state index is 4.39. The highest BCUT2D eigenvalue weighted by atomic mass is 15.3. The largest absolute Gasteiger partial charge is 0.355 e. The molecule has 0 saturated carbocycles. The first-order chi connectivity index (χ1) is 9.69. The van der Waals surface area contributed by atoms with Crippen molar-refractivity contribution < 1.29 is 0 Å². The number of hydrogen-bond donors (Lipinski definition) is 1. The van der Waals surface area contributed by atoms with Gasteiger partial charge in [-0.2, -0.15) is 5.10 Å². The Morgan fingerprint density at radius 2 is 2.20 bits per heavy atom. The zero-order valence-electron chi connectivity index (χ0n) is 13.1. The van der Waals surface area contributed by atoms with Crippen molar-refractivity contribution >= 4 is 5.82 Å². The van der Waals surface area contributed by atoms with Gasteiger partial charge in [-0.25, -0.2) is 0 Å². The number of nitrogens with one attached hydrogen (secondary N) is 1. The van der Waals surface area contributed by atoms with E-state index in [0.717, 1.165) is 43.6 Å². The third-order valence-corrected chi connectivity index (χ3v) is 3.87. The molecule has 0 bridgehead atoms. The van der Waals surface area contributed by atoms with Gasteiger partial charge in [-0.05, 0) is 43.4 Å². The molecule has 0 radical (unpaired) electrons. The van der Waals surface area contributed by atoms with Crippen LogP contribution in [-0.2, 0) is 6.54 Å². The summed E-state index contributed by atoms with van der Waals surface area (Å²) in [5.74, 6) is 2.55. The van der Waals surface area contributed by atoms with E-state index in [1.165, 1.54) is 19.3 Å². The van der Waals surface area contributed by atoms with Crippen LogP contribution < -0.4 is 10.2 Å². The first kappa shape index (κ1) is 15.2. The van der Waals surface area contributed by atoms with Crippen molar-refractivity contribution in [1.82, 2.24) is 15.5 Å². The first-order valence-corrected chi connectivity index (χ1v) is 7.97. The lowest BCUT2D eigenvalue weighted by Gasteiger charge is -2.17. The second-order valence-electron chi connectivity index (χ2n) is 6.30. The molecule has 20 heavy (non-hydrogen) atoms. The van der Waals surface area contributed by atoms with Crippen LogP contribution in [-0.4, -0.2) is 29.8 Å². The van der Waals surface area contributed by atoms with E-state index in [9.17, 15) is 0 Å². The quantitative estimate of drug-likeness (QED) is 0.831. The molecule has 0 aliphatic carbocycles. The van der Waals surface area contributed by atoms with Crippen LogP contribution in [0, 0.1) is 11.8 Å². The van der Waals surface area contributed by atoms with Crippen LogP contribution in [0.15, 0.2) is 12.1 Å². The third-order valence-electron chi connectivity index (χ3n) is 3.87. The zero-order chi connectivity index (χ0) is 14.4. The Balaban J connectivity index is 1.82. The number of nitrogens with zero attached hydrogens (tertiary/aromatic N) is 3. The molecule has 112 valence electrons. The Morgan fingerprint density at radius 3 is 2.85 bits per heavy atom. The van der Waals surface area contributed by atoms with Crippen molar-refractivity contribution in [3.63, 3.8) is 0 Å². The predicted molar refractivity (Wildman–Crippen MR) is 83.8 cm³/mol. The summed E-state index contributed by atoms with van der Waals surface area (Å²) in [6.07, 6.45) is 3.92. The molecule has 4 heteroatoms. The van der Waals surface area contributed by atoms with Gasteiger partial charge in [0.2, 0.25) is 0 Å². The van der Waals surface area contributed by atoms with Gasteiger partial charge in [-0.3, -0.25) is 0 Å². The van der Waals surface area contributed by atoms with E-state index < -0.39 is 0 Å². The lowest BCUT2D eigenvalue weighted by atomic mass is 10.0. The number of rotatable bonds is 7. The molecule has 1 aliphatic heterocycles. The minimum absolute atomic E-state index is 0.669. The topological polar surface area (TPSA) is 41.0 Å². The van der Waals surface area contributed by atoms with E-state index in [2.05, 4.69) is 53.3 Å². The first-order valence-electron chi connectivity index (χ1n) is 7.97. The Bertz CT molecular complexity index is 388. The molecule has 0 aromatic carbocycles. The van der Waals surface area contributed by atoms with Gasteiger partial charge in [0.1, 0.15) is 0 Å². The molecule has 1 atom stereocenters. The molecular weight excluding hydrogens is 248 g/mol. The van der Waals surface area contributed by atoms with Crippen LogP contribution in [0.4, 0.5) is 5.82 Å². The predicted octanol–water partition coefficient (Wildman–Crippen LogP) is 2.85. The summed E-state index contributed by atoms with van der Waals surface area (Å²) in [4.78, 5) is 2.37. The van der Waals surface area contributed by atoms with Gasteiger partial charge >= 0.3 is 0 Å². The fourth-order valence-electron chi connectivity index (χ4n) is 2.79. The SMILES string of the molecule is CCCC1CCN(c2ccc(CNCC(C)C)nn2)C1. The van der Waals surface area contributed by atoms with Gasteiger partial charge in [0, 0.05) is 19.6 Å². The van der Waals surface area contributed by atoms with Crippen molar-refractivity contribution in [1.29, 1.82) is 0 Å². The van der Waals surface area contributed by atoms with Crippen LogP contribution >= 0.6 is 0 Å². The molecule has 1 aromatic rings. The van der Waals surface area contributed by atoms with Crippen molar-refractivity contribution in [2.45, 2.75) is 46.6 Å². The molecule has 1 saturated heterocycles. The van der Waals surface area contributed by atoms with Crippen molar-refractivity contribution in [3.05, 3.63) is 17.8 Å². The molecular formula is C16H28N4. The summed E-state index contributed by atoms with van der Waals surface area (Å²) < 4.78 is 0. The molecule has 4 nitrogen and oxygen atoms in total. The molecule has 1 aromatic heterocycles. The van der Waals surface area contributed by atoms with Crippen LogP contribution in [0.5, 0.6) is 0 Å². The van der Waals surface area contributed by atoms with Gasteiger partial charge in [0.15, 0.2) is 5.82 Å². The highest BCUT2D eigenvalue weighted by Crippen LogP contribution is 2.24. The number of anilines is 1. The molecule has 1 aliphatic rings. The van der Waals surface area contributed by atoms with Crippen LogP contribution in [0.3, 0.4) is 0 Å². The maximum absolute atomic E-state index is 4.39. The number of hydrogen-bond acceptors (Lipinski definition) is 4. The van der Waals surface area contributed by atoms with Crippen LogP contribution in [0.2, 0.25) is 0 Å². The minimum Gasteiger partial charge on any atom is -0.355 e. The summed E-state index contributed by atoms with van der Waals surface area (Å²) in [6, 6.07) is 4.22. The van der Waals surface area contributed by atoms with Gasteiger partial charge in [0.25, 0.3) is 0 Å². The second kappa shape index (κ2) is 7.58. The van der Waals surface area contributed by atoms with Gasteiger partial charge in [-0.15, -0.1) is 5.10 Å². The van der Waals surface area contributed by atoms with E-state index in [1.54, 1.807) is 0 Å². The molecule has 1 unspecified atom stereocenters. The molecule has 2 heterocycles. The van der Waals surface area contributed by atoms with E-state index in [1.807, 2.05) is 0 Å². The average Bonchev–Trinajstić information content (AvgIpc) is 2.88. The van der Waals surface area contributed by atoms with Crippen molar-refractivity contribution in [2.24, 2.45) is 11.8 Å². The molecule has 0 spiro atoms. The van der Waals surface area contributed by atoms with E-state index in [-0.39, 0.29) is 0 Å². The van der Waals surface area contributed by atoms with E-state index >= 15 is 0 Å². The van der Waals surface area contributed by atoms with Gasteiger partial charge < -0.3 is 10.2 Å². The molecule has 2 rings (SSSR count). The van der Waals surface area contributed by atoms with Gasteiger partial charge in [0.05, 0.1) is 5.69 Å². The number of aromatic nitrogens is 2. The summed E-state index contributed by atoms with van der Waals surface area (Å²) in [6.45, 7) is 10.8. The summed E-state index contributed by atoms with van der Waals surface area (Å²) in [5.41, 5.74) is 1.03. The van der Waals surface area contributed by atoms with E-state index in [4.69, 9.17) is 0 Å². The lowest BCUT2D eigenvalue weighted by molar-refractivity contribution is 0.529.